The molecule has 0 radical (unpaired) electrons. The van der Waals surface area contributed by atoms with Crippen LogP contribution in [0.5, 0.6) is 0 Å². The molecule has 0 bridgehead atoms. The van der Waals surface area contributed by atoms with Crippen LogP contribution in [0.1, 0.15) is 25.1 Å². The van der Waals surface area contributed by atoms with Crippen molar-refractivity contribution >= 4 is 11.0 Å². The van der Waals surface area contributed by atoms with Crippen LogP contribution in [0.4, 0.5) is 4.39 Å². The van der Waals surface area contributed by atoms with E-state index in [0.29, 0.717) is 5.52 Å². The normalized spacial score (nSPS) is 18.7. The fourth-order valence-electron chi connectivity index (χ4n) is 2.40. The molecular weight excluding hydrogens is 205 g/mol. The summed E-state index contributed by atoms with van der Waals surface area (Å²) in [6.07, 6.45) is 3.08. The van der Waals surface area contributed by atoms with Gasteiger partial charge in [0.15, 0.2) is 0 Å². The van der Waals surface area contributed by atoms with Gasteiger partial charge in [-0.1, -0.05) is 0 Å². The number of benzene rings is 1. The number of imidazole rings is 1. The summed E-state index contributed by atoms with van der Waals surface area (Å²) in [6, 6.07) is 4.67. The highest BCUT2D eigenvalue weighted by atomic mass is 19.1. The standard InChI is InChI=1S/C12H14FN3/c1-16-10-4-3-8(13)7-9(10)15-11(16)12(14)5-2-6-12/h3-4,7H,2,5-6,14H2,1H3. The van der Waals surface area contributed by atoms with E-state index in [1.165, 1.54) is 12.1 Å². The lowest BCUT2D eigenvalue weighted by molar-refractivity contribution is 0.234. The monoisotopic (exact) mass is 219 g/mol. The topological polar surface area (TPSA) is 43.8 Å². The predicted octanol–water partition coefficient (Wildman–Crippen LogP) is 2.05. The van der Waals surface area contributed by atoms with Gasteiger partial charge in [0, 0.05) is 13.1 Å². The molecule has 0 unspecified atom stereocenters. The van der Waals surface area contributed by atoms with Crippen LogP contribution in [0.3, 0.4) is 0 Å². The number of halogens is 1. The van der Waals surface area contributed by atoms with Crippen molar-refractivity contribution in [1.29, 1.82) is 0 Å². The number of nitrogens with two attached hydrogens (primary N) is 1. The Morgan fingerprint density at radius 1 is 1.44 bits per heavy atom. The van der Waals surface area contributed by atoms with Gasteiger partial charge < -0.3 is 10.3 Å². The van der Waals surface area contributed by atoms with Gasteiger partial charge >= 0.3 is 0 Å². The van der Waals surface area contributed by atoms with E-state index in [1.807, 2.05) is 11.6 Å². The molecule has 0 saturated heterocycles. The lowest BCUT2D eigenvalue weighted by Gasteiger charge is -2.37. The van der Waals surface area contributed by atoms with Gasteiger partial charge in [-0.05, 0) is 31.4 Å². The average molecular weight is 219 g/mol. The highest BCUT2D eigenvalue weighted by Gasteiger charge is 2.38. The Labute approximate surface area is 93.1 Å². The van der Waals surface area contributed by atoms with Gasteiger partial charge in [-0.3, -0.25) is 0 Å². The summed E-state index contributed by atoms with van der Waals surface area (Å²) < 4.78 is 15.1. The molecule has 0 spiro atoms. The van der Waals surface area contributed by atoms with Crippen LogP contribution in [0.15, 0.2) is 18.2 Å². The summed E-state index contributed by atoms with van der Waals surface area (Å²) in [5, 5.41) is 0. The lowest BCUT2D eigenvalue weighted by atomic mass is 9.77. The number of hydrogen-bond donors (Lipinski definition) is 1. The highest BCUT2D eigenvalue weighted by molar-refractivity contribution is 5.76. The van der Waals surface area contributed by atoms with E-state index in [9.17, 15) is 4.39 Å². The molecular formula is C12H14FN3. The van der Waals surface area contributed by atoms with Crippen molar-refractivity contribution in [2.45, 2.75) is 24.8 Å². The smallest absolute Gasteiger partial charge is 0.129 e. The van der Waals surface area contributed by atoms with Gasteiger partial charge in [-0.25, -0.2) is 9.37 Å². The molecule has 1 saturated carbocycles. The van der Waals surface area contributed by atoms with Gasteiger partial charge in [0.05, 0.1) is 16.6 Å². The number of aryl methyl sites for hydroxylation is 1. The van der Waals surface area contributed by atoms with Gasteiger partial charge in [0.2, 0.25) is 0 Å². The lowest BCUT2D eigenvalue weighted by Crippen LogP contribution is -2.45. The minimum Gasteiger partial charge on any atom is -0.330 e. The maximum absolute atomic E-state index is 13.1. The molecule has 1 aromatic heterocycles. The first-order valence-corrected chi connectivity index (χ1v) is 5.51. The molecule has 0 atom stereocenters. The molecule has 1 aliphatic carbocycles. The molecule has 84 valence electrons. The van der Waals surface area contributed by atoms with Crippen LogP contribution in [-0.2, 0) is 12.6 Å². The summed E-state index contributed by atoms with van der Waals surface area (Å²) >= 11 is 0. The third-order valence-electron chi connectivity index (χ3n) is 3.53. The summed E-state index contributed by atoms with van der Waals surface area (Å²) in [6.45, 7) is 0. The number of aromatic nitrogens is 2. The van der Waals surface area contributed by atoms with Crippen LogP contribution in [0.2, 0.25) is 0 Å². The van der Waals surface area contributed by atoms with E-state index in [2.05, 4.69) is 4.98 Å². The zero-order valence-corrected chi connectivity index (χ0v) is 9.20. The van der Waals surface area contributed by atoms with Gasteiger partial charge in [0.25, 0.3) is 0 Å². The van der Waals surface area contributed by atoms with Gasteiger partial charge in [-0.15, -0.1) is 0 Å². The minimum absolute atomic E-state index is 0.253. The summed E-state index contributed by atoms with van der Waals surface area (Å²) in [4.78, 5) is 4.46. The SMILES string of the molecule is Cn1c(C2(N)CCC2)nc2cc(F)ccc21. The second-order valence-corrected chi connectivity index (χ2v) is 4.64. The minimum atomic E-state index is -0.301. The second kappa shape index (κ2) is 3.04. The third kappa shape index (κ3) is 1.19. The fraction of sp³-hybridized carbons (Fsp3) is 0.417. The number of nitrogens with zero attached hydrogens (tertiary/aromatic N) is 2. The van der Waals surface area contributed by atoms with E-state index in [-0.39, 0.29) is 11.4 Å². The molecule has 1 aromatic carbocycles. The molecule has 3 rings (SSSR count). The van der Waals surface area contributed by atoms with Crippen molar-refractivity contribution in [2.75, 3.05) is 0 Å². The first-order chi connectivity index (χ1) is 7.60. The molecule has 1 aliphatic rings. The molecule has 0 aliphatic heterocycles. The molecule has 16 heavy (non-hydrogen) atoms. The van der Waals surface area contributed by atoms with Crippen molar-refractivity contribution in [3.8, 4) is 0 Å². The average Bonchev–Trinajstić information content (AvgIpc) is 2.52. The summed E-state index contributed by atoms with van der Waals surface area (Å²) in [7, 11) is 1.94. The van der Waals surface area contributed by atoms with Crippen LogP contribution >= 0.6 is 0 Å². The maximum atomic E-state index is 13.1. The van der Waals surface area contributed by atoms with Crippen molar-refractivity contribution in [3.05, 3.63) is 29.8 Å². The Balaban J connectivity index is 2.23. The van der Waals surface area contributed by atoms with E-state index >= 15 is 0 Å². The Kier molecular flexibility index (Phi) is 1.86. The van der Waals surface area contributed by atoms with E-state index < -0.39 is 0 Å². The Bertz CT molecular complexity index is 555. The van der Waals surface area contributed by atoms with Crippen molar-refractivity contribution in [1.82, 2.24) is 9.55 Å². The number of hydrogen-bond acceptors (Lipinski definition) is 2. The van der Waals surface area contributed by atoms with Crippen LogP contribution in [0, 0.1) is 5.82 Å². The maximum Gasteiger partial charge on any atom is 0.129 e. The predicted molar refractivity (Wildman–Crippen MR) is 60.4 cm³/mol. The van der Waals surface area contributed by atoms with Gasteiger partial charge in [-0.2, -0.15) is 0 Å². The van der Waals surface area contributed by atoms with Gasteiger partial charge in [0.1, 0.15) is 11.6 Å². The molecule has 2 N–H and O–H groups in total. The second-order valence-electron chi connectivity index (χ2n) is 4.64. The first kappa shape index (κ1) is 9.78. The Morgan fingerprint density at radius 2 is 2.19 bits per heavy atom. The fourth-order valence-corrected chi connectivity index (χ4v) is 2.40. The van der Waals surface area contributed by atoms with Crippen LogP contribution in [-0.4, -0.2) is 9.55 Å². The molecule has 2 aromatic rings. The first-order valence-electron chi connectivity index (χ1n) is 5.51. The molecule has 0 amide bonds. The number of fused-ring (bicyclic) bond motifs is 1. The zero-order valence-electron chi connectivity index (χ0n) is 9.20. The van der Waals surface area contributed by atoms with Crippen molar-refractivity contribution in [3.63, 3.8) is 0 Å². The molecule has 3 nitrogen and oxygen atoms in total. The Hall–Kier alpha value is -1.42. The molecule has 1 fully saturated rings. The summed E-state index contributed by atoms with van der Waals surface area (Å²) in [5.74, 6) is 0.621. The van der Waals surface area contributed by atoms with Crippen molar-refractivity contribution in [2.24, 2.45) is 12.8 Å². The third-order valence-corrected chi connectivity index (χ3v) is 3.53. The van der Waals surface area contributed by atoms with Crippen molar-refractivity contribution < 1.29 is 4.39 Å². The van der Waals surface area contributed by atoms with E-state index in [1.54, 1.807) is 6.07 Å². The van der Waals surface area contributed by atoms with E-state index in [4.69, 9.17) is 5.73 Å². The molecule has 1 heterocycles. The quantitative estimate of drug-likeness (QED) is 0.797. The Morgan fingerprint density at radius 3 is 2.81 bits per heavy atom. The zero-order chi connectivity index (χ0) is 11.3. The van der Waals surface area contributed by atoms with Crippen LogP contribution < -0.4 is 5.73 Å². The largest absolute Gasteiger partial charge is 0.330 e. The summed E-state index contributed by atoms with van der Waals surface area (Å²) in [5.41, 5.74) is 7.58. The van der Waals surface area contributed by atoms with Crippen LogP contribution in [0.25, 0.3) is 11.0 Å². The molecule has 4 heteroatoms. The number of rotatable bonds is 1. The van der Waals surface area contributed by atoms with E-state index in [0.717, 1.165) is 30.6 Å². The highest BCUT2D eigenvalue weighted by Crippen LogP contribution is 2.38.